The van der Waals surface area contributed by atoms with Gasteiger partial charge in [0.25, 0.3) is 11.1 Å². The van der Waals surface area contributed by atoms with Crippen LogP contribution >= 0.6 is 0 Å². The maximum absolute atomic E-state index is 12.1. The first-order chi connectivity index (χ1) is 10.7. The fourth-order valence-corrected chi connectivity index (χ4v) is 2.02. The number of pyridine rings is 1. The van der Waals surface area contributed by atoms with Crippen molar-refractivity contribution in [3.05, 3.63) is 97.4 Å². The summed E-state index contributed by atoms with van der Waals surface area (Å²) in [4.78, 5) is 33.5. The Morgan fingerprint density at radius 3 is 2.05 bits per heavy atom. The Bertz CT molecular complexity index is 918. The van der Waals surface area contributed by atoms with Crippen molar-refractivity contribution in [1.82, 2.24) is 15.0 Å². The van der Waals surface area contributed by atoms with Crippen molar-refractivity contribution >= 4 is 12.2 Å². The van der Waals surface area contributed by atoms with Crippen molar-refractivity contribution in [3.8, 4) is 0 Å². The Morgan fingerprint density at radius 1 is 0.773 bits per heavy atom. The molecule has 0 bridgehead atoms. The highest BCUT2D eigenvalue weighted by Crippen LogP contribution is 1.97. The van der Waals surface area contributed by atoms with Gasteiger partial charge in [-0.25, -0.2) is 0 Å². The van der Waals surface area contributed by atoms with Gasteiger partial charge in [-0.05, 0) is 29.8 Å². The van der Waals surface area contributed by atoms with Gasteiger partial charge < -0.3 is 9.97 Å². The average Bonchev–Trinajstić information content (AvgIpc) is 2.54. The minimum Gasteiger partial charge on any atom is -0.316 e. The van der Waals surface area contributed by atoms with Gasteiger partial charge in [0, 0.05) is 6.20 Å². The zero-order chi connectivity index (χ0) is 15.4. The van der Waals surface area contributed by atoms with E-state index in [9.17, 15) is 9.59 Å². The van der Waals surface area contributed by atoms with Crippen LogP contribution in [0, 0.1) is 0 Å². The normalized spacial score (nSPS) is 12.5. The zero-order valence-electron chi connectivity index (χ0n) is 11.6. The predicted molar refractivity (Wildman–Crippen MR) is 84.7 cm³/mol. The molecule has 22 heavy (non-hydrogen) atoms. The van der Waals surface area contributed by atoms with E-state index in [4.69, 9.17) is 0 Å². The smallest absolute Gasteiger partial charge is 0.272 e. The summed E-state index contributed by atoms with van der Waals surface area (Å²) in [7, 11) is 0. The molecule has 0 amide bonds. The van der Waals surface area contributed by atoms with Crippen LogP contribution in [0.4, 0.5) is 0 Å². The van der Waals surface area contributed by atoms with Gasteiger partial charge in [-0.3, -0.25) is 14.6 Å². The number of hydrogen-bond donors (Lipinski definition) is 2. The van der Waals surface area contributed by atoms with Crippen LogP contribution in [-0.4, -0.2) is 15.0 Å². The van der Waals surface area contributed by atoms with Crippen LogP contribution in [0.2, 0.25) is 0 Å². The van der Waals surface area contributed by atoms with Crippen molar-refractivity contribution in [2.75, 3.05) is 0 Å². The van der Waals surface area contributed by atoms with E-state index in [1.807, 2.05) is 36.4 Å². The fourth-order valence-electron chi connectivity index (χ4n) is 2.02. The topological polar surface area (TPSA) is 78.6 Å². The van der Waals surface area contributed by atoms with Crippen LogP contribution in [-0.2, 0) is 0 Å². The standard InChI is InChI=1S/C17H13N3O2/c21-16-14(10-12-6-2-1-3-7-12)19-17(22)15(20-16)11-13-8-4-5-9-18-13/h1-11H,(H,19,22)(H,20,21)/b14-10-,15-11-. The Morgan fingerprint density at radius 2 is 1.41 bits per heavy atom. The largest absolute Gasteiger partial charge is 0.316 e. The molecule has 2 heterocycles. The Labute approximate surface area is 125 Å². The maximum Gasteiger partial charge on any atom is 0.272 e. The molecule has 0 saturated carbocycles. The van der Waals surface area contributed by atoms with Gasteiger partial charge in [-0.15, -0.1) is 0 Å². The average molecular weight is 291 g/mol. The lowest BCUT2D eigenvalue weighted by Gasteiger charge is -1.93. The molecule has 0 fully saturated rings. The molecular weight excluding hydrogens is 278 g/mol. The summed E-state index contributed by atoms with van der Waals surface area (Å²) in [5.41, 5.74) is 0.714. The molecule has 1 aromatic carbocycles. The van der Waals surface area contributed by atoms with E-state index < -0.39 is 0 Å². The van der Waals surface area contributed by atoms with Crippen molar-refractivity contribution in [2.45, 2.75) is 0 Å². The number of aromatic nitrogens is 3. The van der Waals surface area contributed by atoms with E-state index in [1.165, 1.54) is 6.08 Å². The van der Waals surface area contributed by atoms with Gasteiger partial charge in [-0.1, -0.05) is 36.4 Å². The molecule has 5 heteroatoms. The van der Waals surface area contributed by atoms with E-state index in [0.717, 1.165) is 5.56 Å². The highest BCUT2D eigenvalue weighted by Gasteiger charge is 1.96. The van der Waals surface area contributed by atoms with Gasteiger partial charge in [0.2, 0.25) is 0 Å². The third-order valence-corrected chi connectivity index (χ3v) is 3.08. The number of hydrogen-bond acceptors (Lipinski definition) is 3. The number of benzene rings is 1. The minimum atomic E-state index is -0.368. The molecule has 3 aromatic rings. The first-order valence-corrected chi connectivity index (χ1v) is 6.74. The predicted octanol–water partition coefficient (Wildman–Crippen LogP) is 0.116. The number of nitrogens with zero attached hydrogens (tertiary/aromatic N) is 1. The number of nitrogens with one attached hydrogen (secondary N) is 2. The number of rotatable bonds is 2. The third kappa shape index (κ3) is 3.09. The molecule has 0 aliphatic heterocycles. The van der Waals surface area contributed by atoms with E-state index in [0.29, 0.717) is 5.69 Å². The number of aromatic amines is 2. The van der Waals surface area contributed by atoms with Gasteiger partial charge in [-0.2, -0.15) is 0 Å². The molecule has 2 N–H and O–H groups in total. The van der Waals surface area contributed by atoms with Crippen LogP contribution < -0.4 is 21.8 Å². The quantitative estimate of drug-likeness (QED) is 0.704. The van der Waals surface area contributed by atoms with Gasteiger partial charge in [0.1, 0.15) is 10.7 Å². The summed E-state index contributed by atoms with van der Waals surface area (Å²) in [6.45, 7) is 0. The van der Waals surface area contributed by atoms with Crippen molar-refractivity contribution in [2.24, 2.45) is 0 Å². The van der Waals surface area contributed by atoms with Crippen LogP contribution in [0.5, 0.6) is 0 Å². The van der Waals surface area contributed by atoms with Crippen molar-refractivity contribution < 1.29 is 0 Å². The fraction of sp³-hybridized carbons (Fsp3) is 0. The van der Waals surface area contributed by atoms with E-state index in [-0.39, 0.29) is 21.8 Å². The summed E-state index contributed by atoms with van der Waals surface area (Å²) < 4.78 is 0. The monoisotopic (exact) mass is 291 g/mol. The summed E-state index contributed by atoms with van der Waals surface area (Å²) >= 11 is 0. The molecule has 108 valence electrons. The van der Waals surface area contributed by atoms with Gasteiger partial charge in [0.05, 0.1) is 5.69 Å². The highest BCUT2D eigenvalue weighted by atomic mass is 16.1. The van der Waals surface area contributed by atoms with Gasteiger partial charge in [0.15, 0.2) is 0 Å². The second kappa shape index (κ2) is 6.05. The van der Waals surface area contributed by atoms with Crippen LogP contribution in [0.3, 0.4) is 0 Å². The molecular formula is C17H13N3O2. The maximum atomic E-state index is 12.1. The molecule has 0 spiro atoms. The van der Waals surface area contributed by atoms with Crippen molar-refractivity contribution in [3.63, 3.8) is 0 Å². The first-order valence-electron chi connectivity index (χ1n) is 6.74. The molecule has 0 atom stereocenters. The van der Waals surface area contributed by atoms with Crippen molar-refractivity contribution in [1.29, 1.82) is 0 Å². The summed E-state index contributed by atoms with van der Waals surface area (Å²) in [5.74, 6) is 0. The molecule has 0 saturated heterocycles. The first kappa shape index (κ1) is 13.8. The Hall–Kier alpha value is -3.21. The molecule has 5 nitrogen and oxygen atoms in total. The second-order valence-electron chi connectivity index (χ2n) is 4.69. The molecule has 0 aliphatic carbocycles. The third-order valence-electron chi connectivity index (χ3n) is 3.08. The molecule has 0 unspecified atom stereocenters. The van der Waals surface area contributed by atoms with E-state index >= 15 is 0 Å². The van der Waals surface area contributed by atoms with Crippen LogP contribution in [0.15, 0.2) is 64.3 Å². The lowest BCUT2D eigenvalue weighted by molar-refractivity contribution is 1.00. The number of H-pyrrole nitrogens is 2. The highest BCUT2D eigenvalue weighted by molar-refractivity contribution is 5.47. The van der Waals surface area contributed by atoms with Crippen LogP contribution in [0.1, 0.15) is 11.3 Å². The molecule has 0 aliphatic rings. The molecule has 0 radical (unpaired) electrons. The Balaban J connectivity index is 2.14. The summed E-state index contributed by atoms with van der Waals surface area (Å²) in [6, 6.07) is 14.7. The van der Waals surface area contributed by atoms with Crippen LogP contribution in [0.25, 0.3) is 12.2 Å². The van der Waals surface area contributed by atoms with E-state index in [1.54, 1.807) is 24.4 Å². The van der Waals surface area contributed by atoms with Gasteiger partial charge >= 0.3 is 0 Å². The molecule has 3 rings (SSSR count). The molecule has 2 aromatic heterocycles. The summed E-state index contributed by atoms with van der Waals surface area (Å²) in [5, 5.41) is 0.392. The van der Waals surface area contributed by atoms with E-state index in [2.05, 4.69) is 15.0 Å². The lowest BCUT2D eigenvalue weighted by atomic mass is 10.2. The SMILES string of the molecule is O=c1[nH]/c(=C\c2ccccn2)c(=O)[nH]/c1=C\c1ccccc1. The zero-order valence-corrected chi connectivity index (χ0v) is 11.6. The second-order valence-corrected chi connectivity index (χ2v) is 4.69. The Kier molecular flexibility index (Phi) is 3.78. The minimum absolute atomic E-state index is 0.175. The summed E-state index contributed by atoms with van der Waals surface area (Å²) in [6.07, 6.45) is 4.78. The lowest BCUT2D eigenvalue weighted by Crippen LogP contribution is -2.46.